The maximum absolute atomic E-state index is 12.6. The van der Waals surface area contributed by atoms with Crippen LogP contribution in [0.3, 0.4) is 0 Å². The predicted octanol–water partition coefficient (Wildman–Crippen LogP) is 1.85. The first-order valence-electron chi connectivity index (χ1n) is 7.68. The molecule has 3 N–H and O–H groups in total. The van der Waals surface area contributed by atoms with Gasteiger partial charge < -0.3 is 15.7 Å². The van der Waals surface area contributed by atoms with Gasteiger partial charge in [-0.05, 0) is 43.9 Å². The molecule has 2 rings (SSSR count). The molecule has 0 heterocycles. The van der Waals surface area contributed by atoms with Crippen molar-refractivity contribution in [3.63, 3.8) is 0 Å². The van der Waals surface area contributed by atoms with Crippen LogP contribution in [0, 0.1) is 0 Å². The Hall–Kier alpha value is -2.09. The van der Waals surface area contributed by atoms with Crippen molar-refractivity contribution in [1.29, 1.82) is 0 Å². The first-order valence-corrected chi connectivity index (χ1v) is 7.68. The molecule has 1 aromatic rings. The minimum atomic E-state index is -4.53. The molecule has 1 aromatic carbocycles. The van der Waals surface area contributed by atoms with Crippen LogP contribution in [-0.2, 0) is 11.0 Å². The van der Waals surface area contributed by atoms with Gasteiger partial charge in [-0.3, -0.25) is 9.59 Å². The van der Waals surface area contributed by atoms with Crippen LogP contribution in [0.25, 0.3) is 0 Å². The molecule has 1 aliphatic rings. The lowest BCUT2D eigenvalue weighted by atomic mass is 9.93. The lowest BCUT2D eigenvalue weighted by Crippen LogP contribution is -2.43. The first-order chi connectivity index (χ1) is 11.3. The number of alkyl halides is 3. The van der Waals surface area contributed by atoms with Crippen LogP contribution in [0.15, 0.2) is 24.3 Å². The highest BCUT2D eigenvalue weighted by Crippen LogP contribution is 2.29. The molecule has 0 aliphatic heterocycles. The zero-order valence-corrected chi connectivity index (χ0v) is 12.9. The van der Waals surface area contributed by atoms with Crippen LogP contribution >= 0.6 is 0 Å². The topological polar surface area (TPSA) is 78.4 Å². The van der Waals surface area contributed by atoms with E-state index in [1.165, 1.54) is 6.07 Å². The van der Waals surface area contributed by atoms with Crippen LogP contribution in [-0.4, -0.2) is 35.6 Å². The van der Waals surface area contributed by atoms with E-state index in [1.807, 2.05) is 0 Å². The standard InChI is InChI=1S/C16H19F3N2O3/c17-16(18,19)11-3-1-2-10(8-11)15(24)20-9-14(23)21-12-4-6-13(22)7-5-12/h1-3,8,12-13,22H,4-7,9H2,(H,20,24)(H,21,23)/t12-,13-. The van der Waals surface area contributed by atoms with Crippen LogP contribution < -0.4 is 10.6 Å². The number of carbonyl (C=O) groups is 2. The highest BCUT2D eigenvalue weighted by Gasteiger charge is 2.31. The summed E-state index contributed by atoms with van der Waals surface area (Å²) >= 11 is 0. The number of halogens is 3. The molecule has 0 aromatic heterocycles. The van der Waals surface area contributed by atoms with Gasteiger partial charge in [-0.25, -0.2) is 0 Å². The smallest absolute Gasteiger partial charge is 0.393 e. The van der Waals surface area contributed by atoms with E-state index in [0.717, 1.165) is 18.2 Å². The molecule has 132 valence electrons. The number of nitrogens with one attached hydrogen (secondary N) is 2. The summed E-state index contributed by atoms with van der Waals surface area (Å²) < 4.78 is 37.9. The van der Waals surface area contributed by atoms with E-state index in [0.29, 0.717) is 25.7 Å². The van der Waals surface area contributed by atoms with Crippen molar-refractivity contribution in [2.24, 2.45) is 0 Å². The maximum atomic E-state index is 12.6. The number of aliphatic hydroxyl groups excluding tert-OH is 1. The van der Waals surface area contributed by atoms with Gasteiger partial charge in [0.1, 0.15) is 0 Å². The predicted molar refractivity (Wildman–Crippen MR) is 80.2 cm³/mol. The number of hydrogen-bond acceptors (Lipinski definition) is 3. The van der Waals surface area contributed by atoms with Crippen molar-refractivity contribution in [1.82, 2.24) is 10.6 Å². The van der Waals surface area contributed by atoms with Crippen LogP contribution in [0.1, 0.15) is 41.6 Å². The second-order valence-corrected chi connectivity index (χ2v) is 5.83. The molecule has 1 aliphatic carbocycles. The van der Waals surface area contributed by atoms with Crippen molar-refractivity contribution in [2.75, 3.05) is 6.54 Å². The molecular formula is C16H19F3N2O3. The number of carbonyl (C=O) groups excluding carboxylic acids is 2. The van der Waals surface area contributed by atoms with E-state index in [4.69, 9.17) is 0 Å². The van der Waals surface area contributed by atoms with Crippen LogP contribution in [0.5, 0.6) is 0 Å². The lowest BCUT2D eigenvalue weighted by Gasteiger charge is -2.26. The quantitative estimate of drug-likeness (QED) is 0.780. The second-order valence-electron chi connectivity index (χ2n) is 5.83. The van der Waals surface area contributed by atoms with Crippen molar-refractivity contribution in [3.05, 3.63) is 35.4 Å². The fraction of sp³-hybridized carbons (Fsp3) is 0.500. The lowest BCUT2D eigenvalue weighted by molar-refractivity contribution is -0.137. The molecule has 1 saturated carbocycles. The first kappa shape index (κ1) is 18.3. The zero-order valence-electron chi connectivity index (χ0n) is 12.9. The Morgan fingerprint density at radius 2 is 1.83 bits per heavy atom. The summed E-state index contributed by atoms with van der Waals surface area (Å²) in [5, 5.41) is 14.4. The monoisotopic (exact) mass is 344 g/mol. The van der Waals surface area contributed by atoms with Gasteiger partial charge in [0, 0.05) is 11.6 Å². The average molecular weight is 344 g/mol. The van der Waals surface area contributed by atoms with Crippen LogP contribution in [0.4, 0.5) is 13.2 Å². The van der Waals surface area contributed by atoms with Crippen molar-refractivity contribution in [3.8, 4) is 0 Å². The Bertz CT molecular complexity index is 596. The highest BCUT2D eigenvalue weighted by atomic mass is 19.4. The SMILES string of the molecule is O=C(CNC(=O)c1cccc(C(F)(F)F)c1)N[C@H]1CC[C@H](O)CC1. The van der Waals surface area contributed by atoms with E-state index in [1.54, 1.807) is 0 Å². The third-order valence-electron chi connectivity index (χ3n) is 3.92. The highest BCUT2D eigenvalue weighted by molar-refractivity contribution is 5.96. The number of rotatable bonds is 4. The number of aliphatic hydroxyl groups is 1. The third-order valence-corrected chi connectivity index (χ3v) is 3.92. The maximum Gasteiger partial charge on any atom is 0.416 e. The Morgan fingerprint density at radius 1 is 1.17 bits per heavy atom. The molecule has 0 unspecified atom stereocenters. The molecule has 0 spiro atoms. The number of hydrogen-bond donors (Lipinski definition) is 3. The fourth-order valence-corrected chi connectivity index (χ4v) is 2.60. The van der Waals surface area contributed by atoms with Crippen molar-refractivity contribution < 1.29 is 27.9 Å². The normalized spacial score (nSPS) is 21.2. The average Bonchev–Trinajstić information content (AvgIpc) is 2.54. The molecule has 0 atom stereocenters. The third kappa shape index (κ3) is 5.23. The molecule has 8 heteroatoms. The van der Waals surface area contributed by atoms with Gasteiger partial charge in [0.2, 0.25) is 5.91 Å². The molecule has 1 fully saturated rings. The summed E-state index contributed by atoms with van der Waals surface area (Å²) in [4.78, 5) is 23.7. The van der Waals surface area contributed by atoms with Crippen LogP contribution in [0.2, 0.25) is 0 Å². The van der Waals surface area contributed by atoms with Gasteiger partial charge in [0.05, 0.1) is 18.2 Å². The van der Waals surface area contributed by atoms with E-state index >= 15 is 0 Å². The van der Waals surface area contributed by atoms with Gasteiger partial charge in [-0.2, -0.15) is 13.2 Å². The van der Waals surface area contributed by atoms with Gasteiger partial charge in [-0.1, -0.05) is 6.07 Å². The van der Waals surface area contributed by atoms with Crippen molar-refractivity contribution >= 4 is 11.8 Å². The minimum absolute atomic E-state index is 0.0497. The fourth-order valence-electron chi connectivity index (χ4n) is 2.60. The summed E-state index contributed by atoms with van der Waals surface area (Å²) in [6.07, 6.45) is -2.32. The summed E-state index contributed by atoms with van der Waals surface area (Å²) in [5.74, 6) is -1.15. The Balaban J connectivity index is 1.83. The van der Waals surface area contributed by atoms with E-state index < -0.39 is 23.6 Å². The summed E-state index contributed by atoms with van der Waals surface area (Å²) in [7, 11) is 0. The molecule has 0 bridgehead atoms. The Labute approximate surface area is 137 Å². The largest absolute Gasteiger partial charge is 0.416 e. The molecule has 0 radical (unpaired) electrons. The minimum Gasteiger partial charge on any atom is -0.393 e. The zero-order chi connectivity index (χ0) is 17.7. The number of amides is 2. The molecule has 5 nitrogen and oxygen atoms in total. The molecule has 0 saturated heterocycles. The molecule has 2 amide bonds. The van der Waals surface area contributed by atoms with E-state index in [9.17, 15) is 27.9 Å². The molecule has 24 heavy (non-hydrogen) atoms. The summed E-state index contributed by atoms with van der Waals surface area (Å²) in [6.45, 7) is -0.311. The Morgan fingerprint density at radius 3 is 2.46 bits per heavy atom. The van der Waals surface area contributed by atoms with E-state index in [-0.39, 0.29) is 24.3 Å². The summed E-state index contributed by atoms with van der Waals surface area (Å²) in [5.41, 5.74) is -1.07. The summed E-state index contributed by atoms with van der Waals surface area (Å²) in [6, 6.07) is 3.97. The second kappa shape index (κ2) is 7.65. The Kier molecular flexibility index (Phi) is 5.82. The molecular weight excluding hydrogens is 325 g/mol. The number of benzene rings is 1. The van der Waals surface area contributed by atoms with Gasteiger partial charge in [0.25, 0.3) is 5.91 Å². The van der Waals surface area contributed by atoms with E-state index in [2.05, 4.69) is 10.6 Å². The van der Waals surface area contributed by atoms with Gasteiger partial charge in [0.15, 0.2) is 0 Å². The van der Waals surface area contributed by atoms with Gasteiger partial charge >= 0.3 is 6.18 Å². The van der Waals surface area contributed by atoms with Crippen molar-refractivity contribution in [2.45, 2.75) is 44.0 Å². The van der Waals surface area contributed by atoms with Gasteiger partial charge in [-0.15, -0.1) is 0 Å².